The molecule has 8 heteroatoms. The minimum absolute atomic E-state index is 0.186. The molecule has 0 aliphatic heterocycles. The number of nitrogens with zero attached hydrogens (tertiary/aromatic N) is 3. The maximum atomic E-state index is 12.7. The number of ether oxygens (including phenoxy) is 1. The Bertz CT molecular complexity index is 851. The SMILES string of the molecule is CCCCN(C)c1ccc(NS(=O)(=O)c2cc(C)c(OC)cc2C)nn1. The molecule has 1 aromatic heterocycles. The highest BCUT2D eigenvalue weighted by Gasteiger charge is 2.20. The average Bonchev–Trinajstić information content (AvgIpc) is 2.61. The van der Waals surface area contributed by atoms with E-state index in [4.69, 9.17) is 4.74 Å². The first kappa shape index (κ1) is 20.0. The van der Waals surface area contributed by atoms with Gasteiger partial charge in [-0.15, -0.1) is 10.2 Å². The summed E-state index contributed by atoms with van der Waals surface area (Å²) in [7, 11) is -0.265. The van der Waals surface area contributed by atoms with Crippen LogP contribution in [-0.4, -0.2) is 39.3 Å². The summed E-state index contributed by atoms with van der Waals surface area (Å²) in [6, 6.07) is 6.68. The number of aryl methyl sites for hydroxylation is 2. The molecule has 2 rings (SSSR count). The normalized spacial score (nSPS) is 11.3. The topological polar surface area (TPSA) is 84.4 Å². The van der Waals surface area contributed by atoms with Crippen LogP contribution in [0.5, 0.6) is 5.75 Å². The zero-order valence-electron chi connectivity index (χ0n) is 15.9. The van der Waals surface area contributed by atoms with Crippen LogP contribution in [-0.2, 0) is 10.0 Å². The quantitative estimate of drug-likeness (QED) is 0.760. The van der Waals surface area contributed by atoms with Crippen LogP contribution in [0.2, 0.25) is 0 Å². The third-order valence-electron chi connectivity index (χ3n) is 4.11. The highest BCUT2D eigenvalue weighted by atomic mass is 32.2. The largest absolute Gasteiger partial charge is 0.496 e. The molecule has 26 heavy (non-hydrogen) atoms. The molecule has 0 radical (unpaired) electrons. The molecule has 0 atom stereocenters. The number of benzene rings is 1. The first-order valence-corrected chi connectivity index (χ1v) is 9.99. The predicted molar refractivity (Wildman–Crippen MR) is 103 cm³/mol. The molecule has 0 spiro atoms. The zero-order valence-corrected chi connectivity index (χ0v) is 16.7. The Hall–Kier alpha value is -2.35. The Morgan fingerprint density at radius 3 is 2.46 bits per heavy atom. The number of anilines is 2. The standard InChI is InChI=1S/C18H26N4O3S/c1-6-7-10-22(4)18-9-8-17(19-20-18)21-26(23,24)16-12-13(2)15(25-5)11-14(16)3/h8-9,11-12H,6-7,10H2,1-5H3,(H,19,21). The van der Waals surface area contributed by atoms with Crippen molar-refractivity contribution in [3.05, 3.63) is 35.4 Å². The summed E-state index contributed by atoms with van der Waals surface area (Å²) in [5.74, 6) is 1.55. The highest BCUT2D eigenvalue weighted by molar-refractivity contribution is 7.92. The van der Waals surface area contributed by atoms with Crippen LogP contribution >= 0.6 is 0 Å². The molecule has 1 N–H and O–H groups in total. The van der Waals surface area contributed by atoms with Crippen molar-refractivity contribution in [2.75, 3.05) is 30.3 Å². The molecule has 142 valence electrons. The second-order valence-corrected chi connectivity index (χ2v) is 7.90. The zero-order chi connectivity index (χ0) is 19.3. The van der Waals surface area contributed by atoms with Crippen LogP contribution in [0, 0.1) is 13.8 Å². The van der Waals surface area contributed by atoms with Crippen molar-refractivity contribution in [1.82, 2.24) is 10.2 Å². The van der Waals surface area contributed by atoms with Gasteiger partial charge in [-0.3, -0.25) is 4.72 Å². The van der Waals surface area contributed by atoms with E-state index < -0.39 is 10.0 Å². The molecule has 0 unspecified atom stereocenters. The van der Waals surface area contributed by atoms with Crippen LogP contribution in [0.15, 0.2) is 29.2 Å². The van der Waals surface area contributed by atoms with E-state index in [1.807, 2.05) is 11.9 Å². The van der Waals surface area contributed by atoms with Crippen molar-refractivity contribution >= 4 is 21.7 Å². The fourth-order valence-electron chi connectivity index (χ4n) is 2.56. The van der Waals surface area contributed by atoms with E-state index in [1.54, 1.807) is 45.2 Å². The van der Waals surface area contributed by atoms with Crippen molar-refractivity contribution in [3.8, 4) is 5.75 Å². The summed E-state index contributed by atoms with van der Waals surface area (Å²) in [6.07, 6.45) is 2.15. The van der Waals surface area contributed by atoms with E-state index in [1.165, 1.54) is 0 Å². The summed E-state index contributed by atoms with van der Waals surface area (Å²) < 4.78 is 33.1. The van der Waals surface area contributed by atoms with Crippen molar-refractivity contribution in [2.45, 2.75) is 38.5 Å². The van der Waals surface area contributed by atoms with Gasteiger partial charge in [0.05, 0.1) is 12.0 Å². The molecule has 7 nitrogen and oxygen atoms in total. The fraction of sp³-hybridized carbons (Fsp3) is 0.444. The number of sulfonamides is 1. The van der Waals surface area contributed by atoms with Crippen LogP contribution in [0.1, 0.15) is 30.9 Å². The third kappa shape index (κ3) is 4.63. The van der Waals surface area contributed by atoms with Crippen LogP contribution in [0.25, 0.3) is 0 Å². The van der Waals surface area contributed by atoms with E-state index in [2.05, 4.69) is 21.8 Å². The van der Waals surface area contributed by atoms with Crippen LogP contribution in [0.3, 0.4) is 0 Å². The average molecular weight is 378 g/mol. The number of methoxy groups -OCH3 is 1. The van der Waals surface area contributed by atoms with Crippen LogP contribution in [0.4, 0.5) is 11.6 Å². The first-order valence-electron chi connectivity index (χ1n) is 8.51. The Kier molecular flexibility index (Phi) is 6.42. The summed E-state index contributed by atoms with van der Waals surface area (Å²) >= 11 is 0. The number of nitrogens with one attached hydrogen (secondary N) is 1. The number of unbranched alkanes of at least 4 members (excludes halogenated alkanes) is 1. The first-order chi connectivity index (χ1) is 12.3. The fourth-order valence-corrected chi connectivity index (χ4v) is 3.87. The number of rotatable bonds is 8. The maximum Gasteiger partial charge on any atom is 0.263 e. The third-order valence-corrected chi connectivity index (χ3v) is 5.61. The van der Waals surface area contributed by atoms with Gasteiger partial charge >= 0.3 is 0 Å². The van der Waals surface area contributed by atoms with Gasteiger partial charge in [-0.05, 0) is 55.7 Å². The minimum Gasteiger partial charge on any atom is -0.496 e. The van der Waals surface area contributed by atoms with Crippen LogP contribution < -0.4 is 14.4 Å². The summed E-state index contributed by atoms with van der Waals surface area (Å²) in [4.78, 5) is 2.19. The van der Waals surface area contributed by atoms with Gasteiger partial charge in [0.15, 0.2) is 11.6 Å². The predicted octanol–water partition coefficient (Wildman–Crippen LogP) is 3.14. The second-order valence-electron chi connectivity index (χ2n) is 6.24. The number of aromatic nitrogens is 2. The molecule has 0 fully saturated rings. The van der Waals surface area contributed by atoms with E-state index >= 15 is 0 Å². The van der Waals surface area contributed by atoms with Crippen molar-refractivity contribution < 1.29 is 13.2 Å². The smallest absolute Gasteiger partial charge is 0.263 e. The molecule has 0 bridgehead atoms. The van der Waals surface area contributed by atoms with Gasteiger partial charge in [0, 0.05) is 13.6 Å². The summed E-state index contributed by atoms with van der Waals surface area (Å²) in [5, 5.41) is 8.10. The van der Waals surface area contributed by atoms with E-state index in [-0.39, 0.29) is 10.7 Å². The van der Waals surface area contributed by atoms with Gasteiger partial charge in [0.2, 0.25) is 0 Å². The molecule has 1 heterocycles. The summed E-state index contributed by atoms with van der Waals surface area (Å²) in [5.41, 5.74) is 1.35. The maximum absolute atomic E-state index is 12.7. The Labute approximate surface area is 155 Å². The lowest BCUT2D eigenvalue weighted by atomic mass is 10.1. The van der Waals surface area contributed by atoms with Gasteiger partial charge in [0.25, 0.3) is 10.0 Å². The molecule has 0 aliphatic rings. The highest BCUT2D eigenvalue weighted by Crippen LogP contribution is 2.26. The van der Waals surface area contributed by atoms with Gasteiger partial charge in [-0.25, -0.2) is 8.42 Å². The number of hydrogen-bond acceptors (Lipinski definition) is 6. The Balaban J connectivity index is 2.21. The van der Waals surface area contributed by atoms with Crippen molar-refractivity contribution in [3.63, 3.8) is 0 Å². The van der Waals surface area contributed by atoms with Gasteiger partial charge < -0.3 is 9.64 Å². The lowest BCUT2D eigenvalue weighted by Crippen LogP contribution is -2.20. The van der Waals surface area contributed by atoms with E-state index in [9.17, 15) is 8.42 Å². The molecule has 0 amide bonds. The molecule has 0 aliphatic carbocycles. The molecule has 0 saturated carbocycles. The monoisotopic (exact) mass is 378 g/mol. The Morgan fingerprint density at radius 1 is 1.15 bits per heavy atom. The van der Waals surface area contributed by atoms with Crippen molar-refractivity contribution in [2.24, 2.45) is 0 Å². The lowest BCUT2D eigenvalue weighted by molar-refractivity contribution is 0.411. The molecule has 2 aromatic rings. The summed E-state index contributed by atoms with van der Waals surface area (Å²) in [6.45, 7) is 6.53. The molecule has 0 saturated heterocycles. The van der Waals surface area contributed by atoms with E-state index in [0.29, 0.717) is 17.1 Å². The molecule has 1 aromatic carbocycles. The Morgan fingerprint density at radius 2 is 1.88 bits per heavy atom. The van der Waals surface area contributed by atoms with Gasteiger partial charge in [-0.2, -0.15) is 0 Å². The minimum atomic E-state index is -3.76. The van der Waals surface area contributed by atoms with Gasteiger partial charge in [0.1, 0.15) is 5.75 Å². The molecular weight excluding hydrogens is 352 g/mol. The lowest BCUT2D eigenvalue weighted by Gasteiger charge is -2.17. The number of hydrogen-bond donors (Lipinski definition) is 1. The molecular formula is C18H26N4O3S. The van der Waals surface area contributed by atoms with Crippen molar-refractivity contribution in [1.29, 1.82) is 0 Å². The van der Waals surface area contributed by atoms with Gasteiger partial charge in [-0.1, -0.05) is 13.3 Å². The second kappa shape index (κ2) is 8.35. The van der Waals surface area contributed by atoms with E-state index in [0.717, 1.165) is 24.9 Å².